The number of hydrogen-bond acceptors (Lipinski definition) is 4. The SMILES string of the molecule is CC(=O)N[C@@H](C)C(=O)N/N=C/C(Cc1ccccc1)NC(=O)c1ccccc1. The third kappa shape index (κ3) is 7.03. The first-order chi connectivity index (χ1) is 13.5. The predicted molar refractivity (Wildman–Crippen MR) is 108 cm³/mol. The normalized spacial score (nSPS) is 12.8. The molecule has 2 rings (SSSR count). The van der Waals surface area contributed by atoms with Crippen molar-refractivity contribution in [2.75, 3.05) is 0 Å². The Morgan fingerprint density at radius 2 is 1.57 bits per heavy atom. The fraction of sp³-hybridized carbons (Fsp3) is 0.238. The van der Waals surface area contributed by atoms with Crippen molar-refractivity contribution in [3.63, 3.8) is 0 Å². The Bertz CT molecular complexity index is 822. The van der Waals surface area contributed by atoms with Crippen LogP contribution in [-0.2, 0) is 16.0 Å². The molecule has 0 heterocycles. The van der Waals surface area contributed by atoms with Crippen LogP contribution in [0.1, 0.15) is 29.8 Å². The number of nitrogens with one attached hydrogen (secondary N) is 3. The van der Waals surface area contributed by atoms with Gasteiger partial charge in [0.25, 0.3) is 11.8 Å². The van der Waals surface area contributed by atoms with Crippen molar-refractivity contribution in [2.45, 2.75) is 32.4 Å². The van der Waals surface area contributed by atoms with Crippen LogP contribution in [0.3, 0.4) is 0 Å². The van der Waals surface area contributed by atoms with Crippen LogP contribution in [0, 0.1) is 0 Å². The van der Waals surface area contributed by atoms with Crippen LogP contribution in [0.25, 0.3) is 0 Å². The second kappa shape index (κ2) is 10.6. The van der Waals surface area contributed by atoms with E-state index in [9.17, 15) is 14.4 Å². The van der Waals surface area contributed by atoms with Gasteiger partial charge in [-0.1, -0.05) is 48.5 Å². The van der Waals surface area contributed by atoms with Gasteiger partial charge in [0.15, 0.2) is 0 Å². The number of rotatable bonds is 8. The molecule has 0 fully saturated rings. The molecule has 0 bridgehead atoms. The summed E-state index contributed by atoms with van der Waals surface area (Å²) in [5.74, 6) is -0.978. The van der Waals surface area contributed by atoms with Gasteiger partial charge in [-0.2, -0.15) is 5.10 Å². The number of nitrogens with zero attached hydrogens (tertiary/aromatic N) is 1. The topological polar surface area (TPSA) is 99.7 Å². The van der Waals surface area contributed by atoms with Crippen molar-refractivity contribution < 1.29 is 14.4 Å². The Kier molecular flexibility index (Phi) is 7.90. The van der Waals surface area contributed by atoms with Crippen molar-refractivity contribution in [1.82, 2.24) is 16.1 Å². The van der Waals surface area contributed by atoms with E-state index in [0.29, 0.717) is 12.0 Å². The molecule has 3 N–H and O–H groups in total. The lowest BCUT2D eigenvalue weighted by Gasteiger charge is -2.15. The Morgan fingerprint density at radius 3 is 2.18 bits per heavy atom. The number of benzene rings is 2. The van der Waals surface area contributed by atoms with Gasteiger partial charge in [-0.3, -0.25) is 14.4 Å². The summed E-state index contributed by atoms with van der Waals surface area (Å²) < 4.78 is 0. The van der Waals surface area contributed by atoms with Crippen molar-refractivity contribution in [3.05, 3.63) is 71.8 Å². The molecule has 0 aliphatic heterocycles. The molecule has 0 aromatic heterocycles. The molecule has 2 atom stereocenters. The number of hydrogen-bond donors (Lipinski definition) is 3. The minimum Gasteiger partial charge on any atom is -0.345 e. The third-order valence-corrected chi connectivity index (χ3v) is 3.89. The van der Waals surface area contributed by atoms with E-state index in [2.05, 4.69) is 21.2 Å². The summed E-state index contributed by atoms with van der Waals surface area (Å²) in [7, 11) is 0. The number of carbonyl (C=O) groups excluding carboxylic acids is 3. The van der Waals surface area contributed by atoms with Gasteiger partial charge in [-0.05, 0) is 31.0 Å². The largest absolute Gasteiger partial charge is 0.345 e. The number of amides is 3. The zero-order valence-corrected chi connectivity index (χ0v) is 15.9. The van der Waals surface area contributed by atoms with Crippen LogP contribution >= 0.6 is 0 Å². The summed E-state index contributed by atoms with van der Waals surface area (Å²) in [6.07, 6.45) is 1.99. The molecule has 1 unspecified atom stereocenters. The standard InChI is InChI=1S/C21H24N4O3/c1-15(23-16(2)26)20(27)25-22-14-19(13-17-9-5-3-6-10-17)24-21(28)18-11-7-4-8-12-18/h3-12,14-15,19H,13H2,1-2H3,(H,23,26)(H,24,28)(H,25,27)/b22-14+/t15-,19?/m0/s1. The second-order valence-corrected chi connectivity index (χ2v) is 6.31. The highest BCUT2D eigenvalue weighted by atomic mass is 16.2. The van der Waals surface area contributed by atoms with E-state index in [4.69, 9.17) is 0 Å². The van der Waals surface area contributed by atoms with Gasteiger partial charge in [0, 0.05) is 18.7 Å². The molecule has 0 radical (unpaired) electrons. The Hall–Kier alpha value is -3.48. The molecule has 3 amide bonds. The highest BCUT2D eigenvalue weighted by Gasteiger charge is 2.15. The summed E-state index contributed by atoms with van der Waals surface area (Å²) in [4.78, 5) is 35.4. The zero-order chi connectivity index (χ0) is 20.4. The molecule has 28 heavy (non-hydrogen) atoms. The molecule has 2 aromatic rings. The van der Waals surface area contributed by atoms with Crippen molar-refractivity contribution in [1.29, 1.82) is 0 Å². The molecule has 0 aliphatic rings. The van der Waals surface area contributed by atoms with E-state index >= 15 is 0 Å². The average Bonchev–Trinajstić information content (AvgIpc) is 2.68. The van der Waals surface area contributed by atoms with Crippen LogP contribution in [0.5, 0.6) is 0 Å². The third-order valence-electron chi connectivity index (χ3n) is 3.89. The lowest BCUT2D eigenvalue weighted by Crippen LogP contribution is -2.43. The molecule has 7 heteroatoms. The summed E-state index contributed by atoms with van der Waals surface area (Å²) in [5.41, 5.74) is 3.94. The zero-order valence-electron chi connectivity index (χ0n) is 15.9. The molecule has 0 saturated heterocycles. The maximum Gasteiger partial charge on any atom is 0.262 e. The molecule has 0 aliphatic carbocycles. The monoisotopic (exact) mass is 380 g/mol. The van der Waals surface area contributed by atoms with Crippen LogP contribution < -0.4 is 16.1 Å². The van der Waals surface area contributed by atoms with Crippen molar-refractivity contribution >= 4 is 23.9 Å². The second-order valence-electron chi connectivity index (χ2n) is 6.31. The van der Waals surface area contributed by atoms with Gasteiger partial charge in [0.1, 0.15) is 6.04 Å². The van der Waals surface area contributed by atoms with Crippen LogP contribution in [-0.4, -0.2) is 36.0 Å². The first kappa shape index (κ1) is 20.8. The van der Waals surface area contributed by atoms with Crippen LogP contribution in [0.2, 0.25) is 0 Å². The van der Waals surface area contributed by atoms with E-state index in [1.165, 1.54) is 13.1 Å². The number of hydrazone groups is 1. The van der Waals surface area contributed by atoms with Crippen LogP contribution in [0.4, 0.5) is 0 Å². The van der Waals surface area contributed by atoms with Gasteiger partial charge in [0.2, 0.25) is 5.91 Å². The maximum absolute atomic E-state index is 12.5. The molecule has 7 nitrogen and oxygen atoms in total. The lowest BCUT2D eigenvalue weighted by atomic mass is 10.1. The first-order valence-electron chi connectivity index (χ1n) is 8.95. The molecular formula is C21H24N4O3. The highest BCUT2D eigenvalue weighted by Crippen LogP contribution is 2.04. The average molecular weight is 380 g/mol. The van der Waals surface area contributed by atoms with Gasteiger partial charge < -0.3 is 10.6 Å². The lowest BCUT2D eigenvalue weighted by molar-refractivity contribution is -0.127. The van der Waals surface area contributed by atoms with Crippen molar-refractivity contribution in [3.8, 4) is 0 Å². The molecule has 0 spiro atoms. The smallest absolute Gasteiger partial charge is 0.262 e. The van der Waals surface area contributed by atoms with E-state index in [-0.39, 0.29) is 11.8 Å². The minimum atomic E-state index is -0.707. The molecule has 146 valence electrons. The van der Waals surface area contributed by atoms with E-state index in [0.717, 1.165) is 5.56 Å². The minimum absolute atomic E-state index is 0.231. The highest BCUT2D eigenvalue weighted by molar-refractivity contribution is 5.96. The Labute approximate surface area is 164 Å². The quantitative estimate of drug-likeness (QED) is 0.480. The fourth-order valence-corrected chi connectivity index (χ4v) is 2.51. The fourth-order valence-electron chi connectivity index (χ4n) is 2.51. The predicted octanol–water partition coefficient (Wildman–Crippen LogP) is 1.65. The van der Waals surface area contributed by atoms with Gasteiger partial charge in [-0.15, -0.1) is 0 Å². The molecular weight excluding hydrogens is 356 g/mol. The van der Waals surface area contributed by atoms with Crippen LogP contribution in [0.15, 0.2) is 65.8 Å². The summed E-state index contributed by atoms with van der Waals surface area (Å²) in [6, 6.07) is 17.4. The first-order valence-corrected chi connectivity index (χ1v) is 8.95. The summed E-state index contributed by atoms with van der Waals surface area (Å²) in [5, 5.41) is 9.34. The maximum atomic E-state index is 12.5. The molecule has 2 aromatic carbocycles. The summed E-state index contributed by atoms with van der Waals surface area (Å²) in [6.45, 7) is 2.90. The molecule has 0 saturated carbocycles. The van der Waals surface area contributed by atoms with E-state index in [1.54, 1.807) is 31.2 Å². The number of carbonyl (C=O) groups is 3. The Balaban J connectivity index is 2.04. The van der Waals surface area contributed by atoms with E-state index < -0.39 is 18.0 Å². The summed E-state index contributed by atoms with van der Waals surface area (Å²) >= 11 is 0. The van der Waals surface area contributed by atoms with E-state index in [1.807, 2.05) is 36.4 Å². The van der Waals surface area contributed by atoms with Gasteiger partial charge >= 0.3 is 0 Å². The van der Waals surface area contributed by atoms with Gasteiger partial charge in [0.05, 0.1) is 6.04 Å². The van der Waals surface area contributed by atoms with Gasteiger partial charge in [-0.25, -0.2) is 5.43 Å². The van der Waals surface area contributed by atoms with Crippen molar-refractivity contribution in [2.24, 2.45) is 5.10 Å². The Morgan fingerprint density at radius 1 is 0.964 bits per heavy atom.